The second kappa shape index (κ2) is 4.59. The summed E-state index contributed by atoms with van der Waals surface area (Å²) in [5.74, 6) is 0.498. The van der Waals surface area contributed by atoms with Gasteiger partial charge < -0.3 is 5.32 Å². The van der Waals surface area contributed by atoms with Crippen LogP contribution in [0, 0.1) is 29.5 Å². The van der Waals surface area contributed by atoms with Crippen molar-refractivity contribution in [3.8, 4) is 0 Å². The minimum absolute atomic E-state index is 0.134. The Balaban J connectivity index is 2.20. The molecule has 0 spiro atoms. The van der Waals surface area contributed by atoms with Gasteiger partial charge in [0.2, 0.25) is 0 Å². The molecule has 1 saturated carbocycles. The maximum atomic E-state index is 13.4. The molecule has 1 atom stereocenters. The van der Waals surface area contributed by atoms with Crippen LogP contribution in [0.1, 0.15) is 38.8 Å². The van der Waals surface area contributed by atoms with Gasteiger partial charge in [-0.3, -0.25) is 0 Å². The lowest BCUT2D eigenvalue weighted by Gasteiger charge is -2.20. The summed E-state index contributed by atoms with van der Waals surface area (Å²) in [7, 11) is 2.02. The Hall–Kier alpha value is -0.890. The van der Waals surface area contributed by atoms with E-state index in [0.29, 0.717) is 22.8 Å². The fourth-order valence-corrected chi connectivity index (χ4v) is 3.74. The Morgan fingerprint density at radius 1 is 1.21 bits per heavy atom. The molecule has 1 unspecified atom stereocenters. The van der Waals surface area contributed by atoms with Gasteiger partial charge in [-0.2, -0.15) is 0 Å². The molecule has 1 nitrogen and oxygen atoms in total. The minimum Gasteiger partial charge on any atom is -0.316 e. The molecular weight excluding hydrogens is 237 g/mol. The van der Waals surface area contributed by atoms with E-state index in [-0.39, 0.29) is 5.82 Å². The molecule has 0 heterocycles. The lowest BCUT2D eigenvalue weighted by Crippen LogP contribution is -2.32. The normalized spacial score (nSPS) is 22.3. The van der Waals surface area contributed by atoms with Gasteiger partial charge in [-0.05, 0) is 60.4 Å². The van der Waals surface area contributed by atoms with Crippen LogP contribution in [0.25, 0.3) is 0 Å². The SMILES string of the molecule is CNC(Cc1cc(F)ccc1C)C1C(C)(C)C1(C)C. The van der Waals surface area contributed by atoms with Crippen molar-refractivity contribution < 1.29 is 4.39 Å². The molecule has 1 aromatic carbocycles. The minimum atomic E-state index is -0.134. The van der Waals surface area contributed by atoms with Gasteiger partial charge in [0, 0.05) is 6.04 Å². The Bertz CT molecular complexity index is 462. The Morgan fingerprint density at radius 2 is 1.79 bits per heavy atom. The fraction of sp³-hybridized carbons (Fsp3) is 0.647. The largest absolute Gasteiger partial charge is 0.316 e. The van der Waals surface area contributed by atoms with E-state index in [0.717, 1.165) is 12.0 Å². The molecule has 2 rings (SSSR count). The van der Waals surface area contributed by atoms with Gasteiger partial charge in [0.1, 0.15) is 5.82 Å². The molecule has 1 aliphatic carbocycles. The summed E-state index contributed by atoms with van der Waals surface area (Å²) >= 11 is 0. The second-order valence-electron chi connectivity index (χ2n) is 7.09. The maximum Gasteiger partial charge on any atom is 0.123 e. The maximum absolute atomic E-state index is 13.4. The molecular formula is C17H26FN. The zero-order chi connectivity index (χ0) is 14.4. The Morgan fingerprint density at radius 3 is 2.26 bits per heavy atom. The van der Waals surface area contributed by atoms with E-state index in [1.807, 2.05) is 13.1 Å². The third kappa shape index (κ3) is 2.31. The van der Waals surface area contributed by atoms with Crippen molar-refractivity contribution in [2.24, 2.45) is 16.7 Å². The molecule has 0 amide bonds. The van der Waals surface area contributed by atoms with Crippen molar-refractivity contribution in [2.75, 3.05) is 7.05 Å². The van der Waals surface area contributed by atoms with E-state index >= 15 is 0 Å². The van der Waals surface area contributed by atoms with Crippen LogP contribution >= 0.6 is 0 Å². The van der Waals surface area contributed by atoms with E-state index in [4.69, 9.17) is 0 Å². The van der Waals surface area contributed by atoms with Crippen LogP contribution in [0.4, 0.5) is 4.39 Å². The van der Waals surface area contributed by atoms with Gasteiger partial charge in [0.15, 0.2) is 0 Å². The predicted molar refractivity (Wildman–Crippen MR) is 78.7 cm³/mol. The van der Waals surface area contributed by atoms with Gasteiger partial charge >= 0.3 is 0 Å². The first kappa shape index (κ1) is 14.5. The number of aryl methyl sites for hydroxylation is 1. The highest BCUT2D eigenvalue weighted by atomic mass is 19.1. The Kier molecular flexibility index (Phi) is 3.51. The first-order chi connectivity index (χ1) is 8.71. The van der Waals surface area contributed by atoms with E-state index in [2.05, 4.69) is 39.9 Å². The summed E-state index contributed by atoms with van der Waals surface area (Å²) in [6, 6.07) is 5.51. The number of benzene rings is 1. The lowest BCUT2D eigenvalue weighted by atomic mass is 9.94. The molecule has 1 aromatic rings. The highest BCUT2D eigenvalue weighted by Gasteiger charge is 2.66. The van der Waals surface area contributed by atoms with Gasteiger partial charge in [0.25, 0.3) is 0 Å². The first-order valence-corrected chi connectivity index (χ1v) is 7.14. The summed E-state index contributed by atoms with van der Waals surface area (Å²) in [4.78, 5) is 0. The third-order valence-electron chi connectivity index (χ3n) is 5.66. The summed E-state index contributed by atoms with van der Waals surface area (Å²) in [6.45, 7) is 11.4. The van der Waals surface area contributed by atoms with E-state index in [9.17, 15) is 4.39 Å². The lowest BCUT2D eigenvalue weighted by molar-refractivity contribution is 0.420. The van der Waals surface area contributed by atoms with Crippen LogP contribution in [-0.2, 0) is 6.42 Å². The molecule has 0 saturated heterocycles. The third-order valence-corrected chi connectivity index (χ3v) is 5.66. The standard InChI is InChI=1S/C17H26FN/c1-11-7-8-13(18)9-12(11)10-14(19-6)15-16(2,3)17(15,4)5/h7-9,14-15,19H,10H2,1-6H3. The number of likely N-dealkylation sites (N-methyl/N-ethyl adjacent to an activating group) is 1. The number of nitrogens with one attached hydrogen (secondary N) is 1. The molecule has 0 radical (unpaired) electrons. The molecule has 2 heteroatoms. The van der Waals surface area contributed by atoms with E-state index in [1.165, 1.54) is 11.6 Å². The molecule has 0 aliphatic heterocycles. The van der Waals surface area contributed by atoms with Gasteiger partial charge in [0.05, 0.1) is 0 Å². The number of hydrogen-bond acceptors (Lipinski definition) is 1. The van der Waals surface area contributed by atoms with Crippen LogP contribution in [0.3, 0.4) is 0 Å². The highest BCUT2D eigenvalue weighted by Crippen LogP contribution is 2.69. The van der Waals surface area contributed by atoms with Crippen LogP contribution < -0.4 is 5.32 Å². The van der Waals surface area contributed by atoms with Crippen molar-refractivity contribution in [3.63, 3.8) is 0 Å². The summed E-state index contributed by atoms with van der Waals surface area (Å²) in [5, 5.41) is 3.45. The van der Waals surface area contributed by atoms with Crippen molar-refractivity contribution in [1.29, 1.82) is 0 Å². The summed E-state index contributed by atoms with van der Waals surface area (Å²) in [6.07, 6.45) is 0.900. The van der Waals surface area contributed by atoms with Crippen LogP contribution in [-0.4, -0.2) is 13.1 Å². The highest BCUT2D eigenvalue weighted by molar-refractivity contribution is 5.29. The quantitative estimate of drug-likeness (QED) is 0.867. The molecule has 1 aliphatic rings. The van der Waals surface area contributed by atoms with Crippen molar-refractivity contribution in [3.05, 3.63) is 35.1 Å². The zero-order valence-corrected chi connectivity index (χ0v) is 13.0. The molecule has 0 bridgehead atoms. The number of rotatable bonds is 4. The van der Waals surface area contributed by atoms with Gasteiger partial charge in [-0.1, -0.05) is 33.8 Å². The van der Waals surface area contributed by atoms with Crippen molar-refractivity contribution in [1.82, 2.24) is 5.32 Å². The molecule has 0 aromatic heterocycles. The summed E-state index contributed by atoms with van der Waals surface area (Å²) in [5.41, 5.74) is 3.00. The van der Waals surface area contributed by atoms with Crippen LogP contribution in [0.15, 0.2) is 18.2 Å². The first-order valence-electron chi connectivity index (χ1n) is 7.14. The molecule has 1 N–H and O–H groups in total. The molecule has 106 valence electrons. The Labute approximate surface area is 116 Å². The fourth-order valence-electron chi connectivity index (χ4n) is 3.74. The average molecular weight is 263 g/mol. The monoisotopic (exact) mass is 263 g/mol. The summed E-state index contributed by atoms with van der Waals surface area (Å²) < 4.78 is 13.4. The average Bonchev–Trinajstić information content (AvgIpc) is 2.72. The predicted octanol–water partition coefficient (Wildman–Crippen LogP) is 3.95. The van der Waals surface area contributed by atoms with Crippen LogP contribution in [0.2, 0.25) is 0 Å². The molecule has 19 heavy (non-hydrogen) atoms. The number of halogens is 1. The van der Waals surface area contributed by atoms with E-state index < -0.39 is 0 Å². The smallest absolute Gasteiger partial charge is 0.123 e. The number of hydrogen-bond donors (Lipinski definition) is 1. The zero-order valence-electron chi connectivity index (χ0n) is 13.0. The van der Waals surface area contributed by atoms with Gasteiger partial charge in [-0.15, -0.1) is 0 Å². The van der Waals surface area contributed by atoms with Gasteiger partial charge in [-0.25, -0.2) is 4.39 Å². The topological polar surface area (TPSA) is 12.0 Å². The van der Waals surface area contributed by atoms with E-state index in [1.54, 1.807) is 6.07 Å². The molecule has 1 fully saturated rings. The van der Waals surface area contributed by atoms with Crippen molar-refractivity contribution >= 4 is 0 Å². The van der Waals surface area contributed by atoms with Crippen LogP contribution in [0.5, 0.6) is 0 Å². The second-order valence-corrected chi connectivity index (χ2v) is 7.09. The van der Waals surface area contributed by atoms with Crippen molar-refractivity contribution in [2.45, 2.75) is 47.1 Å².